The van der Waals surface area contributed by atoms with Crippen LogP contribution in [0.3, 0.4) is 0 Å². The lowest BCUT2D eigenvalue weighted by molar-refractivity contribution is 0.0501. The van der Waals surface area contributed by atoms with Crippen LogP contribution >= 0.6 is 46.4 Å². The number of aryl methyl sites for hydroxylation is 2. The van der Waals surface area contributed by atoms with E-state index in [-0.39, 0.29) is 55.9 Å². The highest BCUT2D eigenvalue weighted by Gasteiger charge is 2.23. The maximum atomic E-state index is 13.2. The molecule has 3 aromatic rings. The van der Waals surface area contributed by atoms with Gasteiger partial charge in [0.25, 0.3) is 0 Å². The van der Waals surface area contributed by atoms with Crippen LogP contribution in [0.5, 0.6) is 11.5 Å². The Balaban J connectivity index is 1.86. The molecule has 0 radical (unpaired) electrons. The molecular formula is C38H47Cl4NO6. The Labute approximate surface area is 311 Å². The normalized spacial score (nSPS) is 10.9. The zero-order valence-electron chi connectivity index (χ0n) is 28.8. The lowest BCUT2D eigenvalue weighted by Crippen LogP contribution is -2.33. The lowest BCUT2D eigenvalue weighted by Gasteiger charge is -2.28. The molecule has 0 heterocycles. The summed E-state index contributed by atoms with van der Waals surface area (Å²) in [6.45, 7) is 5.12. The minimum atomic E-state index is -0.652. The maximum absolute atomic E-state index is 13.2. The number of anilines is 1. The maximum Gasteiger partial charge on any atom is 0.343 e. The molecule has 0 aliphatic heterocycles. The number of rotatable bonds is 21. The molecule has 0 saturated heterocycles. The Hall–Kier alpha value is -2.84. The fraction of sp³-hybridized carbons (Fsp3) is 0.474. The predicted molar refractivity (Wildman–Crippen MR) is 201 cm³/mol. The highest BCUT2D eigenvalue weighted by atomic mass is 35.5. The number of hydrogen-bond donors (Lipinski definition) is 0. The molecule has 0 aromatic heterocycles. The fourth-order valence-corrected chi connectivity index (χ4v) is 6.56. The number of methoxy groups -OCH3 is 2. The largest absolute Gasteiger partial charge is 0.494 e. The van der Waals surface area contributed by atoms with Gasteiger partial charge in [0.05, 0.1) is 47.4 Å². The summed E-state index contributed by atoms with van der Waals surface area (Å²) in [4.78, 5) is 28.5. The number of unbranched alkanes of at least 4 members (excludes halogenated alkanes) is 6. The van der Waals surface area contributed by atoms with Gasteiger partial charge < -0.3 is 23.8 Å². The third-order valence-electron chi connectivity index (χ3n) is 8.23. The minimum absolute atomic E-state index is 0.0285. The van der Waals surface area contributed by atoms with E-state index in [1.54, 1.807) is 12.1 Å². The summed E-state index contributed by atoms with van der Waals surface area (Å²) in [5.41, 5.74) is 3.63. The lowest BCUT2D eigenvalue weighted by atomic mass is 9.98. The second-order valence-corrected chi connectivity index (χ2v) is 13.3. The topological polar surface area (TPSA) is 74.3 Å². The van der Waals surface area contributed by atoms with E-state index in [2.05, 4.69) is 36.9 Å². The van der Waals surface area contributed by atoms with Gasteiger partial charge in [-0.05, 0) is 67.1 Å². The first-order valence-electron chi connectivity index (χ1n) is 16.9. The number of halogens is 4. The van der Waals surface area contributed by atoms with Gasteiger partial charge in [-0.2, -0.15) is 0 Å². The average Bonchev–Trinajstić information content (AvgIpc) is 3.09. The summed E-state index contributed by atoms with van der Waals surface area (Å²) in [5.74, 6) is -0.995. The van der Waals surface area contributed by atoms with Gasteiger partial charge >= 0.3 is 11.9 Å². The van der Waals surface area contributed by atoms with Crippen molar-refractivity contribution >= 4 is 64.0 Å². The van der Waals surface area contributed by atoms with Crippen LogP contribution in [-0.2, 0) is 22.3 Å². The van der Waals surface area contributed by atoms with Crippen LogP contribution in [0.1, 0.15) is 97.1 Å². The summed E-state index contributed by atoms with van der Waals surface area (Å²) in [6.07, 6.45) is 11.2. The van der Waals surface area contributed by atoms with Crippen LogP contribution in [0, 0.1) is 0 Å². The first-order chi connectivity index (χ1) is 23.7. The van der Waals surface area contributed by atoms with E-state index >= 15 is 0 Å². The molecule has 7 nitrogen and oxygen atoms in total. The molecule has 11 heteroatoms. The van der Waals surface area contributed by atoms with Crippen molar-refractivity contribution in [2.75, 3.05) is 45.4 Å². The molecule has 3 rings (SSSR count). The molecule has 0 aliphatic rings. The summed E-state index contributed by atoms with van der Waals surface area (Å²) >= 11 is 25.2. The molecule has 0 bridgehead atoms. The number of benzene rings is 3. The molecule has 0 saturated carbocycles. The van der Waals surface area contributed by atoms with Crippen molar-refractivity contribution in [1.82, 2.24) is 0 Å². The molecule has 0 fully saturated rings. The van der Waals surface area contributed by atoms with Crippen molar-refractivity contribution in [3.05, 3.63) is 84.8 Å². The molecule has 0 atom stereocenters. The number of carbonyl (C=O) groups excluding carboxylic acids is 2. The zero-order chi connectivity index (χ0) is 35.8. The van der Waals surface area contributed by atoms with Crippen LogP contribution in [0.4, 0.5) is 5.69 Å². The Kier molecular flexibility index (Phi) is 17.7. The number of ether oxygens (including phenoxy) is 4. The minimum Gasteiger partial charge on any atom is -0.494 e. The van der Waals surface area contributed by atoms with E-state index in [1.165, 1.54) is 63.2 Å². The predicted octanol–water partition coefficient (Wildman–Crippen LogP) is 11.1. The van der Waals surface area contributed by atoms with Gasteiger partial charge in [-0.15, -0.1) is 0 Å². The van der Waals surface area contributed by atoms with Crippen LogP contribution in [0.2, 0.25) is 20.1 Å². The van der Waals surface area contributed by atoms with Gasteiger partial charge in [-0.25, -0.2) is 9.59 Å². The third-order valence-corrected chi connectivity index (χ3v) is 9.45. The first kappa shape index (κ1) is 40.6. The SMILES string of the molecule is CCCCCCc1ccc(N(CCOC(=O)c2c(Cl)ccc(Cl)c2OC)CCOC(=O)c2c(Cl)ccc(Cl)c2OC)c(CCCCCC)c1. The van der Waals surface area contributed by atoms with E-state index in [9.17, 15) is 9.59 Å². The molecule has 0 spiro atoms. The van der Waals surface area contributed by atoms with Crippen molar-refractivity contribution in [2.45, 2.75) is 78.1 Å². The van der Waals surface area contributed by atoms with Crippen LogP contribution in [0.25, 0.3) is 0 Å². The van der Waals surface area contributed by atoms with Gasteiger partial charge in [-0.3, -0.25) is 0 Å². The van der Waals surface area contributed by atoms with E-state index in [0.29, 0.717) is 13.1 Å². The highest BCUT2D eigenvalue weighted by Crippen LogP contribution is 2.36. The van der Waals surface area contributed by atoms with E-state index in [0.717, 1.165) is 44.2 Å². The van der Waals surface area contributed by atoms with Gasteiger partial charge in [0.15, 0.2) is 11.5 Å². The van der Waals surface area contributed by atoms with E-state index < -0.39 is 11.9 Å². The zero-order valence-corrected chi connectivity index (χ0v) is 31.9. The second-order valence-electron chi connectivity index (χ2n) is 11.7. The number of esters is 2. The molecule has 0 aliphatic carbocycles. The molecule has 0 unspecified atom stereocenters. The van der Waals surface area contributed by atoms with Gasteiger partial charge in [-0.1, -0.05) is 111 Å². The van der Waals surface area contributed by atoms with Gasteiger partial charge in [0, 0.05) is 5.69 Å². The summed E-state index contributed by atoms with van der Waals surface area (Å²) in [6, 6.07) is 12.8. The van der Waals surface area contributed by atoms with Crippen LogP contribution < -0.4 is 14.4 Å². The Bertz CT molecular complexity index is 1460. The van der Waals surface area contributed by atoms with Crippen LogP contribution in [0.15, 0.2) is 42.5 Å². The van der Waals surface area contributed by atoms with Crippen LogP contribution in [-0.4, -0.2) is 52.5 Å². The van der Waals surface area contributed by atoms with Crippen molar-refractivity contribution in [2.24, 2.45) is 0 Å². The van der Waals surface area contributed by atoms with Crippen molar-refractivity contribution in [3.63, 3.8) is 0 Å². The van der Waals surface area contributed by atoms with Gasteiger partial charge in [0.1, 0.15) is 24.3 Å². The number of hydrogen-bond acceptors (Lipinski definition) is 7. The highest BCUT2D eigenvalue weighted by molar-refractivity contribution is 6.37. The fourth-order valence-electron chi connectivity index (χ4n) is 5.64. The molecule has 49 heavy (non-hydrogen) atoms. The standard InChI is InChI=1S/C38H47Cl4NO6/c1-5-7-9-11-13-26-15-20-32(27(25-26)14-12-10-8-6-2)43(21-23-48-37(44)33-28(39)16-18-30(41)35(33)46-3)22-24-49-38(45)34-29(40)17-19-31(42)36(34)47-4/h15-20,25H,5-14,21-24H2,1-4H3. The average molecular weight is 756 g/mol. The monoisotopic (exact) mass is 753 g/mol. The quantitative estimate of drug-likeness (QED) is 0.0792. The van der Waals surface area contributed by atoms with Gasteiger partial charge in [0.2, 0.25) is 0 Å². The Morgan fingerprint density at radius 3 is 1.55 bits per heavy atom. The van der Waals surface area contributed by atoms with Crippen molar-refractivity contribution < 1.29 is 28.5 Å². The second kappa shape index (κ2) is 21.4. The van der Waals surface area contributed by atoms with Crippen molar-refractivity contribution in [1.29, 1.82) is 0 Å². The summed E-state index contributed by atoms with van der Waals surface area (Å²) in [5, 5.41) is 0.852. The molecular weight excluding hydrogens is 708 g/mol. The summed E-state index contributed by atoms with van der Waals surface area (Å²) in [7, 11) is 2.83. The van der Waals surface area contributed by atoms with Crippen molar-refractivity contribution in [3.8, 4) is 11.5 Å². The smallest absolute Gasteiger partial charge is 0.343 e. The number of nitrogens with zero attached hydrogens (tertiary/aromatic N) is 1. The molecule has 0 amide bonds. The summed E-state index contributed by atoms with van der Waals surface area (Å²) < 4.78 is 22.1. The Morgan fingerprint density at radius 2 is 1.08 bits per heavy atom. The molecule has 3 aromatic carbocycles. The first-order valence-corrected chi connectivity index (χ1v) is 18.4. The third kappa shape index (κ3) is 11.9. The Morgan fingerprint density at radius 1 is 0.612 bits per heavy atom. The molecule has 268 valence electrons. The van der Waals surface area contributed by atoms with E-state index in [4.69, 9.17) is 65.4 Å². The molecule has 0 N–H and O–H groups in total. The number of carbonyl (C=O) groups is 2. The van der Waals surface area contributed by atoms with E-state index in [1.807, 2.05) is 0 Å².